The molecule has 0 fully saturated rings. The summed E-state index contributed by atoms with van der Waals surface area (Å²) in [6, 6.07) is 29.6. The summed E-state index contributed by atoms with van der Waals surface area (Å²) in [5.41, 5.74) is 5.86. The van der Waals surface area contributed by atoms with Crippen LogP contribution in [0.15, 0.2) is 114 Å². The summed E-state index contributed by atoms with van der Waals surface area (Å²) in [5.74, 6) is -0.634. The van der Waals surface area contributed by atoms with Crippen molar-refractivity contribution in [1.29, 1.82) is 0 Å². The average molecular weight is 450 g/mol. The van der Waals surface area contributed by atoms with Crippen molar-refractivity contribution < 1.29 is 14.3 Å². The summed E-state index contributed by atoms with van der Waals surface area (Å²) in [7, 11) is 0. The molecular formula is C30H27NO3. The van der Waals surface area contributed by atoms with E-state index >= 15 is 0 Å². The highest BCUT2D eigenvalue weighted by atomic mass is 16.5. The van der Waals surface area contributed by atoms with Crippen LogP contribution in [-0.2, 0) is 20.9 Å². The lowest BCUT2D eigenvalue weighted by Crippen LogP contribution is -2.36. The van der Waals surface area contributed by atoms with E-state index in [4.69, 9.17) is 4.74 Å². The zero-order valence-electron chi connectivity index (χ0n) is 19.2. The Hall–Kier alpha value is -3.92. The number of Topliss-reactive ketones (excluding diaryl/α,β-unsaturated/α-hetero) is 1. The number of hydrogen-bond donors (Lipinski definition) is 1. The Morgan fingerprint density at radius 1 is 0.853 bits per heavy atom. The largest absolute Gasteiger partial charge is 0.457 e. The van der Waals surface area contributed by atoms with Crippen molar-refractivity contribution in [3.05, 3.63) is 130 Å². The first-order chi connectivity index (χ1) is 16.6. The SMILES string of the molecule is CC1=C(C(=O)OCc2ccccc2)[C@@H](c2ccccc2)C2=C(C[C@H](c3ccccc3)CC2=O)N1. The van der Waals surface area contributed by atoms with Crippen molar-refractivity contribution in [1.82, 2.24) is 5.32 Å². The van der Waals surface area contributed by atoms with E-state index in [1.54, 1.807) is 0 Å². The molecule has 1 heterocycles. The summed E-state index contributed by atoms with van der Waals surface area (Å²) in [5, 5.41) is 3.41. The molecule has 3 aromatic carbocycles. The number of nitrogens with one attached hydrogen (secondary N) is 1. The molecule has 1 aliphatic carbocycles. The van der Waals surface area contributed by atoms with Crippen LogP contribution < -0.4 is 5.32 Å². The lowest BCUT2D eigenvalue weighted by molar-refractivity contribution is -0.140. The van der Waals surface area contributed by atoms with Crippen molar-refractivity contribution in [3.63, 3.8) is 0 Å². The third kappa shape index (κ3) is 4.32. The molecule has 0 unspecified atom stereocenters. The molecule has 1 aliphatic heterocycles. The van der Waals surface area contributed by atoms with Gasteiger partial charge in [-0.3, -0.25) is 4.79 Å². The summed E-state index contributed by atoms with van der Waals surface area (Å²) in [6.07, 6.45) is 1.16. The van der Waals surface area contributed by atoms with Gasteiger partial charge in [0.2, 0.25) is 0 Å². The monoisotopic (exact) mass is 449 g/mol. The summed E-state index contributed by atoms with van der Waals surface area (Å²) in [4.78, 5) is 27.0. The Labute approximate surface area is 200 Å². The molecule has 0 spiro atoms. The molecule has 2 atom stereocenters. The number of carbonyl (C=O) groups is 2. The van der Waals surface area contributed by atoms with Crippen LogP contribution in [0, 0.1) is 0 Å². The molecular weight excluding hydrogens is 422 g/mol. The molecule has 0 radical (unpaired) electrons. The summed E-state index contributed by atoms with van der Waals surface area (Å²) < 4.78 is 5.72. The van der Waals surface area contributed by atoms with E-state index in [1.807, 2.05) is 85.8 Å². The molecule has 170 valence electrons. The third-order valence-electron chi connectivity index (χ3n) is 6.66. The highest BCUT2D eigenvalue weighted by Gasteiger charge is 2.41. The fourth-order valence-corrected chi connectivity index (χ4v) is 5.05. The molecule has 34 heavy (non-hydrogen) atoms. The minimum Gasteiger partial charge on any atom is -0.457 e. The average Bonchev–Trinajstić information content (AvgIpc) is 2.88. The number of rotatable bonds is 5. The Morgan fingerprint density at radius 2 is 1.44 bits per heavy atom. The second-order valence-corrected chi connectivity index (χ2v) is 8.90. The number of hydrogen-bond acceptors (Lipinski definition) is 4. The molecule has 0 aromatic heterocycles. The fourth-order valence-electron chi connectivity index (χ4n) is 5.05. The highest BCUT2D eigenvalue weighted by molar-refractivity contribution is 6.04. The van der Waals surface area contributed by atoms with E-state index < -0.39 is 11.9 Å². The molecule has 0 bridgehead atoms. The van der Waals surface area contributed by atoms with Crippen LogP contribution in [-0.4, -0.2) is 11.8 Å². The second kappa shape index (κ2) is 9.52. The smallest absolute Gasteiger partial charge is 0.337 e. The Balaban J connectivity index is 1.50. The van der Waals surface area contributed by atoms with E-state index in [9.17, 15) is 9.59 Å². The summed E-state index contributed by atoms with van der Waals surface area (Å²) in [6.45, 7) is 2.09. The third-order valence-corrected chi connectivity index (χ3v) is 6.66. The zero-order chi connectivity index (χ0) is 23.5. The standard InChI is InChI=1S/C30H27NO3/c1-20-27(30(33)34-19-21-11-5-2-6-12-21)28(23-15-9-4-10-16-23)29-25(31-20)17-24(18-26(29)32)22-13-7-3-8-14-22/h2-16,24,28,31H,17-19H2,1H3/t24-,28+/m0/s1. The molecule has 4 nitrogen and oxygen atoms in total. The van der Waals surface area contributed by atoms with Gasteiger partial charge in [-0.15, -0.1) is 0 Å². The van der Waals surface area contributed by atoms with Crippen LogP contribution in [0.5, 0.6) is 0 Å². The predicted octanol–water partition coefficient (Wildman–Crippen LogP) is 5.79. The van der Waals surface area contributed by atoms with Gasteiger partial charge in [0.05, 0.1) is 5.57 Å². The maximum Gasteiger partial charge on any atom is 0.337 e. The van der Waals surface area contributed by atoms with E-state index in [0.717, 1.165) is 34.5 Å². The van der Waals surface area contributed by atoms with Gasteiger partial charge in [0, 0.05) is 29.3 Å². The number of dihydropyridines is 1. The first-order valence-corrected chi connectivity index (χ1v) is 11.7. The lowest BCUT2D eigenvalue weighted by Gasteiger charge is -2.36. The molecule has 0 saturated carbocycles. The van der Waals surface area contributed by atoms with Crippen LogP contribution in [0.1, 0.15) is 48.3 Å². The van der Waals surface area contributed by atoms with Gasteiger partial charge in [0.1, 0.15) is 6.61 Å². The van der Waals surface area contributed by atoms with Gasteiger partial charge in [-0.25, -0.2) is 4.79 Å². The van der Waals surface area contributed by atoms with Gasteiger partial charge >= 0.3 is 5.97 Å². The van der Waals surface area contributed by atoms with Crippen LogP contribution in [0.25, 0.3) is 0 Å². The quantitative estimate of drug-likeness (QED) is 0.501. The number of esters is 1. The molecule has 4 heteroatoms. The number of carbonyl (C=O) groups excluding carboxylic acids is 2. The van der Waals surface area contributed by atoms with E-state index in [-0.39, 0.29) is 18.3 Å². The van der Waals surface area contributed by atoms with E-state index in [0.29, 0.717) is 17.6 Å². The molecule has 3 aromatic rings. The van der Waals surface area contributed by atoms with Crippen molar-refractivity contribution in [3.8, 4) is 0 Å². The number of allylic oxidation sites excluding steroid dienone is 3. The topological polar surface area (TPSA) is 55.4 Å². The zero-order valence-corrected chi connectivity index (χ0v) is 19.2. The van der Waals surface area contributed by atoms with E-state index in [2.05, 4.69) is 17.4 Å². The normalized spacial score (nSPS) is 20.0. The van der Waals surface area contributed by atoms with Crippen molar-refractivity contribution in [2.45, 2.75) is 38.2 Å². The van der Waals surface area contributed by atoms with Crippen LogP contribution in [0.2, 0.25) is 0 Å². The van der Waals surface area contributed by atoms with Crippen LogP contribution in [0.4, 0.5) is 0 Å². The predicted molar refractivity (Wildman–Crippen MR) is 132 cm³/mol. The Kier molecular flexibility index (Phi) is 6.13. The maximum absolute atomic E-state index is 13.6. The minimum absolute atomic E-state index is 0.0808. The molecule has 5 rings (SSSR count). The van der Waals surface area contributed by atoms with Gasteiger partial charge in [-0.2, -0.15) is 0 Å². The van der Waals surface area contributed by atoms with Crippen LogP contribution in [0.3, 0.4) is 0 Å². The molecule has 0 saturated heterocycles. The number of benzene rings is 3. The van der Waals surface area contributed by atoms with Gasteiger partial charge in [-0.1, -0.05) is 91.0 Å². The Morgan fingerprint density at radius 3 is 2.09 bits per heavy atom. The molecule has 0 amide bonds. The fraction of sp³-hybridized carbons (Fsp3) is 0.200. The van der Waals surface area contributed by atoms with E-state index in [1.165, 1.54) is 0 Å². The van der Waals surface area contributed by atoms with Crippen molar-refractivity contribution in [2.24, 2.45) is 0 Å². The highest BCUT2D eigenvalue weighted by Crippen LogP contribution is 2.45. The maximum atomic E-state index is 13.6. The van der Waals surface area contributed by atoms with Crippen molar-refractivity contribution >= 4 is 11.8 Å². The number of ketones is 1. The number of ether oxygens (including phenoxy) is 1. The first kappa shape index (κ1) is 21.9. The molecule has 2 aliphatic rings. The van der Waals surface area contributed by atoms with Crippen LogP contribution >= 0.6 is 0 Å². The van der Waals surface area contributed by atoms with Gasteiger partial charge in [0.15, 0.2) is 5.78 Å². The summed E-state index contributed by atoms with van der Waals surface area (Å²) >= 11 is 0. The van der Waals surface area contributed by atoms with Gasteiger partial charge in [0.25, 0.3) is 0 Å². The Bertz CT molecular complexity index is 1260. The van der Waals surface area contributed by atoms with Crippen molar-refractivity contribution in [2.75, 3.05) is 0 Å². The second-order valence-electron chi connectivity index (χ2n) is 8.90. The minimum atomic E-state index is -0.440. The lowest BCUT2D eigenvalue weighted by atomic mass is 9.72. The first-order valence-electron chi connectivity index (χ1n) is 11.7. The molecule has 1 N–H and O–H groups in total. The van der Waals surface area contributed by atoms with Gasteiger partial charge < -0.3 is 10.1 Å². The van der Waals surface area contributed by atoms with Gasteiger partial charge in [-0.05, 0) is 36.0 Å².